The molecule has 1 aromatic carbocycles. The summed E-state index contributed by atoms with van der Waals surface area (Å²) in [6.07, 6.45) is -0.0417. The van der Waals surface area contributed by atoms with E-state index in [0.29, 0.717) is 54.7 Å². The third-order valence-corrected chi connectivity index (χ3v) is 6.69. The van der Waals surface area contributed by atoms with Crippen LogP contribution in [0.15, 0.2) is 41.9 Å². The molecule has 0 unspecified atom stereocenters. The molecule has 1 aliphatic heterocycles. The number of morpholine rings is 1. The van der Waals surface area contributed by atoms with E-state index >= 15 is 0 Å². The van der Waals surface area contributed by atoms with E-state index in [-0.39, 0.29) is 24.7 Å². The molecular formula is C26H28F3N3O3S. The fourth-order valence-corrected chi connectivity index (χ4v) is 4.71. The summed E-state index contributed by atoms with van der Waals surface area (Å²) in [5.74, 6) is -0.276. The second-order valence-corrected chi connectivity index (χ2v) is 9.47. The van der Waals surface area contributed by atoms with E-state index in [1.54, 1.807) is 29.3 Å². The van der Waals surface area contributed by atoms with E-state index in [0.717, 1.165) is 24.5 Å². The highest BCUT2D eigenvalue weighted by molar-refractivity contribution is 7.10. The number of rotatable bonds is 9. The number of hydrogen-bond acceptors (Lipinski definition) is 6. The summed E-state index contributed by atoms with van der Waals surface area (Å²) < 4.78 is 51.6. The topological polar surface area (TPSA) is 64.5 Å². The Morgan fingerprint density at radius 3 is 2.67 bits per heavy atom. The fraction of sp³-hybridized carbons (Fsp3) is 0.423. The summed E-state index contributed by atoms with van der Waals surface area (Å²) in [4.78, 5) is 23.2. The van der Waals surface area contributed by atoms with Crippen molar-refractivity contribution >= 4 is 17.2 Å². The quantitative estimate of drug-likeness (QED) is 0.332. The maximum absolute atomic E-state index is 13.6. The second kappa shape index (κ2) is 11.8. The van der Waals surface area contributed by atoms with Crippen LogP contribution in [0.3, 0.4) is 0 Å². The predicted octanol–water partition coefficient (Wildman–Crippen LogP) is 5.86. The lowest BCUT2D eigenvalue weighted by atomic mass is 10.1. The molecule has 0 bridgehead atoms. The van der Waals surface area contributed by atoms with Gasteiger partial charge in [-0.1, -0.05) is 25.8 Å². The molecule has 4 rings (SSSR count). The number of benzene rings is 1. The Balaban J connectivity index is 1.44. The smallest absolute Gasteiger partial charge is 0.419 e. The lowest BCUT2D eigenvalue weighted by molar-refractivity contribution is -0.139. The summed E-state index contributed by atoms with van der Waals surface area (Å²) in [6, 6.07) is 7.64. The number of ether oxygens (including phenoxy) is 2. The van der Waals surface area contributed by atoms with Crippen LogP contribution in [0.4, 0.5) is 13.2 Å². The lowest BCUT2D eigenvalue weighted by Crippen LogP contribution is -2.41. The number of carbonyl (C=O) groups is 1. The molecular weight excluding hydrogens is 491 g/mol. The zero-order valence-corrected chi connectivity index (χ0v) is 20.8. The van der Waals surface area contributed by atoms with Crippen molar-refractivity contribution in [2.75, 3.05) is 32.9 Å². The van der Waals surface area contributed by atoms with E-state index in [1.807, 2.05) is 12.3 Å². The van der Waals surface area contributed by atoms with Crippen molar-refractivity contribution in [1.29, 1.82) is 0 Å². The second-order valence-electron chi connectivity index (χ2n) is 8.52. The molecule has 0 N–H and O–H groups in total. The van der Waals surface area contributed by atoms with Gasteiger partial charge >= 0.3 is 6.18 Å². The highest BCUT2D eigenvalue weighted by atomic mass is 32.1. The standard InChI is InChI=1S/C26H28F3N3O3S/c1-2-3-4-11-35-23-8-5-18(14-20(23)26(27,28)29)15-24-31-22(17-36-24)19-6-7-21(30-16-19)25(33)32-9-12-34-13-10-32/h5-8,14,16-17H,2-4,9-13,15H2,1H3. The number of hydrogen-bond donors (Lipinski definition) is 0. The number of unbranched alkanes of at least 4 members (excludes halogenated alkanes) is 2. The van der Waals surface area contributed by atoms with Gasteiger partial charge in [0.25, 0.3) is 5.91 Å². The Kier molecular flexibility index (Phi) is 8.58. The number of pyridine rings is 1. The van der Waals surface area contributed by atoms with Crippen LogP contribution in [0.2, 0.25) is 0 Å². The van der Waals surface area contributed by atoms with Gasteiger partial charge in [0, 0.05) is 36.7 Å². The number of alkyl halides is 3. The van der Waals surface area contributed by atoms with Crippen molar-refractivity contribution in [3.8, 4) is 17.0 Å². The molecule has 192 valence electrons. The van der Waals surface area contributed by atoms with Crippen molar-refractivity contribution in [1.82, 2.24) is 14.9 Å². The number of aromatic nitrogens is 2. The highest BCUT2D eigenvalue weighted by Crippen LogP contribution is 2.37. The van der Waals surface area contributed by atoms with Crippen LogP contribution in [0.25, 0.3) is 11.3 Å². The molecule has 0 aliphatic carbocycles. The number of thiazole rings is 1. The van der Waals surface area contributed by atoms with Gasteiger partial charge in [-0.2, -0.15) is 13.2 Å². The fourth-order valence-electron chi connectivity index (χ4n) is 3.87. The molecule has 1 amide bonds. The third-order valence-electron chi connectivity index (χ3n) is 5.84. The Labute approximate surface area is 212 Å². The average Bonchev–Trinajstić information content (AvgIpc) is 3.35. The minimum atomic E-state index is -4.50. The van der Waals surface area contributed by atoms with E-state index in [1.165, 1.54) is 17.4 Å². The SMILES string of the molecule is CCCCCOc1ccc(Cc2nc(-c3ccc(C(=O)N4CCOCC4)nc3)cs2)cc1C(F)(F)F. The number of nitrogens with zero attached hydrogens (tertiary/aromatic N) is 3. The average molecular weight is 520 g/mol. The maximum atomic E-state index is 13.6. The van der Waals surface area contributed by atoms with Crippen molar-refractivity contribution in [3.05, 3.63) is 63.7 Å². The van der Waals surface area contributed by atoms with Gasteiger partial charge in [0.15, 0.2) is 0 Å². The van der Waals surface area contributed by atoms with E-state index in [9.17, 15) is 18.0 Å². The first-order chi connectivity index (χ1) is 17.3. The molecule has 2 aromatic heterocycles. The van der Waals surface area contributed by atoms with Gasteiger partial charge in [-0.15, -0.1) is 11.3 Å². The van der Waals surface area contributed by atoms with Crippen LogP contribution in [-0.2, 0) is 17.3 Å². The van der Waals surface area contributed by atoms with Crippen LogP contribution in [0, 0.1) is 0 Å². The molecule has 0 spiro atoms. The zero-order chi connectivity index (χ0) is 25.5. The van der Waals surface area contributed by atoms with E-state index < -0.39 is 11.7 Å². The van der Waals surface area contributed by atoms with Crippen LogP contribution in [0.5, 0.6) is 5.75 Å². The summed E-state index contributed by atoms with van der Waals surface area (Å²) in [5.41, 5.74) is 1.50. The first-order valence-corrected chi connectivity index (χ1v) is 12.8. The van der Waals surface area contributed by atoms with Crippen LogP contribution >= 0.6 is 11.3 Å². The van der Waals surface area contributed by atoms with Crippen LogP contribution < -0.4 is 4.74 Å². The molecule has 6 nitrogen and oxygen atoms in total. The van der Waals surface area contributed by atoms with Crippen LogP contribution in [-0.4, -0.2) is 53.7 Å². The largest absolute Gasteiger partial charge is 0.493 e. The van der Waals surface area contributed by atoms with Gasteiger partial charge in [-0.3, -0.25) is 9.78 Å². The van der Waals surface area contributed by atoms with Gasteiger partial charge < -0.3 is 14.4 Å². The molecule has 1 saturated heterocycles. The van der Waals surface area contributed by atoms with E-state index in [2.05, 4.69) is 9.97 Å². The summed E-state index contributed by atoms with van der Waals surface area (Å²) in [7, 11) is 0. The Morgan fingerprint density at radius 1 is 1.17 bits per heavy atom. The molecule has 3 aromatic rings. The minimum Gasteiger partial charge on any atom is -0.493 e. The van der Waals surface area contributed by atoms with Gasteiger partial charge in [0.1, 0.15) is 11.4 Å². The molecule has 36 heavy (non-hydrogen) atoms. The zero-order valence-electron chi connectivity index (χ0n) is 20.0. The Bertz CT molecular complexity index is 1160. The normalized spacial score (nSPS) is 14.2. The molecule has 0 saturated carbocycles. The molecule has 1 aliphatic rings. The number of halogens is 3. The number of amides is 1. The van der Waals surface area contributed by atoms with Crippen molar-refractivity contribution in [3.63, 3.8) is 0 Å². The Morgan fingerprint density at radius 2 is 1.97 bits per heavy atom. The lowest BCUT2D eigenvalue weighted by Gasteiger charge is -2.26. The van der Waals surface area contributed by atoms with E-state index in [4.69, 9.17) is 9.47 Å². The first kappa shape index (κ1) is 26.1. The van der Waals surface area contributed by atoms with Gasteiger partial charge in [-0.25, -0.2) is 4.98 Å². The number of carbonyl (C=O) groups excluding carboxylic acids is 1. The van der Waals surface area contributed by atoms with Crippen molar-refractivity contribution in [2.45, 2.75) is 38.8 Å². The molecule has 10 heteroatoms. The monoisotopic (exact) mass is 519 g/mol. The third kappa shape index (κ3) is 6.61. The molecule has 1 fully saturated rings. The maximum Gasteiger partial charge on any atom is 0.419 e. The van der Waals surface area contributed by atoms with Crippen molar-refractivity contribution < 1.29 is 27.4 Å². The molecule has 0 atom stereocenters. The summed E-state index contributed by atoms with van der Waals surface area (Å²) in [6.45, 7) is 4.41. The van der Waals surface area contributed by atoms with Gasteiger partial charge in [0.05, 0.1) is 36.1 Å². The first-order valence-electron chi connectivity index (χ1n) is 12.0. The predicted molar refractivity (Wildman–Crippen MR) is 131 cm³/mol. The minimum absolute atomic E-state index is 0.137. The van der Waals surface area contributed by atoms with Gasteiger partial charge in [-0.05, 0) is 36.2 Å². The highest BCUT2D eigenvalue weighted by Gasteiger charge is 2.34. The van der Waals surface area contributed by atoms with Crippen molar-refractivity contribution in [2.24, 2.45) is 0 Å². The van der Waals surface area contributed by atoms with Crippen LogP contribution in [0.1, 0.15) is 52.8 Å². The molecule has 0 radical (unpaired) electrons. The molecule has 3 heterocycles. The van der Waals surface area contributed by atoms with Gasteiger partial charge in [0.2, 0.25) is 0 Å². The summed E-state index contributed by atoms with van der Waals surface area (Å²) >= 11 is 1.37. The Hall–Kier alpha value is -2.98. The summed E-state index contributed by atoms with van der Waals surface area (Å²) in [5, 5.41) is 2.52.